The van der Waals surface area contributed by atoms with E-state index in [-0.39, 0.29) is 12.4 Å². The molecule has 4 N–H and O–H groups in total. The van der Waals surface area contributed by atoms with Gasteiger partial charge in [-0.2, -0.15) is 0 Å². The molecule has 1 aromatic carbocycles. The van der Waals surface area contributed by atoms with Crippen molar-refractivity contribution in [1.82, 2.24) is 30.2 Å². The van der Waals surface area contributed by atoms with Gasteiger partial charge in [-0.15, -0.1) is 0 Å². The van der Waals surface area contributed by atoms with Gasteiger partial charge in [0.05, 0.1) is 6.33 Å². The van der Waals surface area contributed by atoms with Crippen LogP contribution in [0.25, 0.3) is 11.2 Å². The molecule has 2 aliphatic rings. The fraction of sp³-hybridized carbons (Fsp3) is 0.391. The third-order valence-electron chi connectivity index (χ3n) is 5.90. The van der Waals surface area contributed by atoms with E-state index in [0.717, 1.165) is 5.56 Å². The number of carbonyl (C=O) groups excluding carboxylic acids is 2. The van der Waals surface area contributed by atoms with E-state index >= 15 is 0 Å². The summed E-state index contributed by atoms with van der Waals surface area (Å²) in [5.41, 5.74) is 1.53. The number of nitrogens with zero attached hydrogens (tertiary/aromatic N) is 4. The number of urea groups is 1. The summed E-state index contributed by atoms with van der Waals surface area (Å²) >= 11 is 0. The second kappa shape index (κ2) is 11.0. The standard InChI is InChI=1S/C23H25N7O8/c1-2-24-22(33)29-18-15-19(27-10-26-18)30(11-28-15)20-17-16(37-21(38-17)12-6-4-3-5-7-12)13(36-20)8-25-23(34)35-9-14(31)32/h3-7,10-11,13,16-17,20-21H,2,8-9H2,1H3,(H,25,34)(H,31,32)(H2,24,26,27,29,33)/t13?,16?,17?,20?,21-/m0/s1. The molecule has 200 valence electrons. The van der Waals surface area contributed by atoms with Gasteiger partial charge in [0.25, 0.3) is 0 Å². The van der Waals surface area contributed by atoms with Crippen LogP contribution < -0.4 is 16.0 Å². The molecule has 0 spiro atoms. The summed E-state index contributed by atoms with van der Waals surface area (Å²) in [6.07, 6.45) is -1.44. The minimum absolute atomic E-state index is 0.0351. The number of imidazole rings is 1. The summed E-state index contributed by atoms with van der Waals surface area (Å²) in [7, 11) is 0. The number of rotatable bonds is 8. The van der Waals surface area contributed by atoms with Crippen molar-refractivity contribution in [2.75, 3.05) is 25.0 Å². The van der Waals surface area contributed by atoms with Crippen LogP contribution in [0.2, 0.25) is 0 Å². The van der Waals surface area contributed by atoms with Crippen LogP contribution >= 0.6 is 0 Å². The molecule has 15 nitrogen and oxygen atoms in total. The van der Waals surface area contributed by atoms with Crippen LogP contribution in [0.4, 0.5) is 15.4 Å². The smallest absolute Gasteiger partial charge is 0.407 e. The molecule has 3 aromatic rings. The average molecular weight is 527 g/mol. The summed E-state index contributed by atoms with van der Waals surface area (Å²) in [5.74, 6) is -1.05. The van der Waals surface area contributed by atoms with Gasteiger partial charge in [-0.3, -0.25) is 9.88 Å². The van der Waals surface area contributed by atoms with Crippen molar-refractivity contribution in [2.45, 2.75) is 37.8 Å². The van der Waals surface area contributed by atoms with Crippen molar-refractivity contribution in [3.05, 3.63) is 48.5 Å². The van der Waals surface area contributed by atoms with Gasteiger partial charge in [0.15, 0.2) is 36.1 Å². The number of carboxylic acids is 1. The summed E-state index contributed by atoms with van der Waals surface area (Å²) in [6, 6.07) is 8.92. The monoisotopic (exact) mass is 527 g/mol. The number of amides is 3. The third-order valence-corrected chi connectivity index (χ3v) is 5.90. The molecule has 2 saturated heterocycles. The van der Waals surface area contributed by atoms with E-state index in [9.17, 15) is 14.4 Å². The Kier molecular flexibility index (Phi) is 7.30. The summed E-state index contributed by atoms with van der Waals surface area (Å²) in [4.78, 5) is 47.5. The molecule has 38 heavy (non-hydrogen) atoms. The van der Waals surface area contributed by atoms with Crippen molar-refractivity contribution < 1.29 is 38.4 Å². The van der Waals surface area contributed by atoms with Crippen molar-refractivity contribution >= 4 is 35.1 Å². The molecule has 5 atom stereocenters. The summed E-state index contributed by atoms with van der Waals surface area (Å²) < 4.78 is 25.0. The first-order valence-electron chi connectivity index (χ1n) is 11.8. The summed E-state index contributed by atoms with van der Waals surface area (Å²) in [6.45, 7) is 1.43. The second-order valence-electron chi connectivity index (χ2n) is 8.39. The van der Waals surface area contributed by atoms with E-state index in [1.807, 2.05) is 30.3 Å². The minimum atomic E-state index is -1.27. The highest BCUT2D eigenvalue weighted by atomic mass is 16.8. The van der Waals surface area contributed by atoms with Gasteiger partial charge in [0.1, 0.15) is 24.6 Å². The van der Waals surface area contributed by atoms with Gasteiger partial charge in [-0.05, 0) is 6.92 Å². The van der Waals surface area contributed by atoms with E-state index in [4.69, 9.17) is 19.3 Å². The number of hydrogen-bond donors (Lipinski definition) is 4. The number of carboxylic acid groups (broad SMARTS) is 1. The molecular formula is C23H25N7O8. The van der Waals surface area contributed by atoms with Crippen LogP contribution in [0.3, 0.4) is 0 Å². The number of alkyl carbamates (subject to hydrolysis) is 1. The van der Waals surface area contributed by atoms with Gasteiger partial charge in [0, 0.05) is 18.7 Å². The van der Waals surface area contributed by atoms with Gasteiger partial charge in [0.2, 0.25) is 0 Å². The number of nitrogens with one attached hydrogen (secondary N) is 3. The molecule has 2 fully saturated rings. The van der Waals surface area contributed by atoms with E-state index in [1.165, 1.54) is 12.7 Å². The molecule has 0 aliphatic carbocycles. The minimum Gasteiger partial charge on any atom is -0.479 e. The van der Waals surface area contributed by atoms with Gasteiger partial charge in [-0.1, -0.05) is 30.3 Å². The van der Waals surface area contributed by atoms with Crippen LogP contribution in [0.1, 0.15) is 25.0 Å². The van der Waals surface area contributed by atoms with Crippen LogP contribution in [-0.2, 0) is 23.7 Å². The Morgan fingerprint density at radius 2 is 1.84 bits per heavy atom. The SMILES string of the molecule is CCNC(=O)Nc1ncnc2c1ncn2C1OC(CNC(=O)OCC(=O)O)C2O[C@H](c3ccccc3)OC21. The number of aromatic nitrogens is 4. The van der Waals surface area contributed by atoms with E-state index < -0.39 is 55.5 Å². The lowest BCUT2D eigenvalue weighted by Gasteiger charge is -2.21. The molecular weight excluding hydrogens is 502 g/mol. The Labute approximate surface area is 215 Å². The molecule has 3 amide bonds. The van der Waals surface area contributed by atoms with Crippen molar-refractivity contribution in [3.8, 4) is 0 Å². The number of anilines is 1. The maximum atomic E-state index is 12.0. The molecule has 15 heteroatoms. The average Bonchev–Trinajstić information content (AvgIpc) is 3.61. The Bertz CT molecular complexity index is 1320. The quantitative estimate of drug-likeness (QED) is 0.329. The van der Waals surface area contributed by atoms with E-state index in [2.05, 4.69) is 35.6 Å². The first-order valence-corrected chi connectivity index (χ1v) is 11.8. The number of fused-ring (bicyclic) bond motifs is 2. The highest BCUT2D eigenvalue weighted by Gasteiger charge is 2.54. The van der Waals surface area contributed by atoms with Crippen molar-refractivity contribution in [1.29, 1.82) is 0 Å². The fourth-order valence-electron chi connectivity index (χ4n) is 4.29. The maximum Gasteiger partial charge on any atom is 0.407 e. The first kappa shape index (κ1) is 25.3. The van der Waals surface area contributed by atoms with Crippen molar-refractivity contribution in [3.63, 3.8) is 0 Å². The Morgan fingerprint density at radius 1 is 1.05 bits per heavy atom. The van der Waals surface area contributed by atoms with E-state index in [0.29, 0.717) is 17.7 Å². The van der Waals surface area contributed by atoms with Crippen LogP contribution in [0.5, 0.6) is 0 Å². The topological polar surface area (TPSA) is 188 Å². The molecule has 4 heterocycles. The molecule has 0 radical (unpaired) electrons. The predicted octanol–water partition coefficient (Wildman–Crippen LogP) is 1.16. The van der Waals surface area contributed by atoms with Crippen LogP contribution in [-0.4, -0.2) is 80.7 Å². The van der Waals surface area contributed by atoms with E-state index in [1.54, 1.807) is 11.5 Å². The molecule has 4 unspecified atom stereocenters. The lowest BCUT2D eigenvalue weighted by molar-refractivity contribution is -0.146. The predicted molar refractivity (Wildman–Crippen MR) is 128 cm³/mol. The number of hydrogen-bond acceptors (Lipinski definition) is 10. The number of ether oxygens (including phenoxy) is 4. The zero-order chi connectivity index (χ0) is 26.6. The largest absolute Gasteiger partial charge is 0.479 e. The van der Waals surface area contributed by atoms with Gasteiger partial charge in [-0.25, -0.2) is 29.3 Å². The normalized spacial score (nSPS) is 24.1. The number of aliphatic carboxylic acids is 1. The Hall–Kier alpha value is -4.34. The fourth-order valence-corrected chi connectivity index (χ4v) is 4.29. The van der Waals surface area contributed by atoms with Crippen molar-refractivity contribution in [2.24, 2.45) is 0 Å². The number of benzene rings is 1. The second-order valence-corrected chi connectivity index (χ2v) is 8.39. The lowest BCUT2D eigenvalue weighted by atomic mass is 10.1. The highest BCUT2D eigenvalue weighted by molar-refractivity contribution is 5.95. The molecule has 2 aliphatic heterocycles. The van der Waals surface area contributed by atoms with Crippen LogP contribution in [0, 0.1) is 0 Å². The van der Waals surface area contributed by atoms with Gasteiger partial charge < -0.3 is 34.7 Å². The first-order chi connectivity index (χ1) is 18.4. The molecule has 2 aromatic heterocycles. The Balaban J connectivity index is 1.39. The highest BCUT2D eigenvalue weighted by Crippen LogP contribution is 2.44. The number of carbonyl (C=O) groups is 3. The third kappa shape index (κ3) is 5.20. The van der Waals surface area contributed by atoms with Crippen LogP contribution in [0.15, 0.2) is 43.0 Å². The Morgan fingerprint density at radius 3 is 2.61 bits per heavy atom. The zero-order valence-corrected chi connectivity index (χ0v) is 20.1. The molecule has 5 rings (SSSR count). The van der Waals surface area contributed by atoms with Gasteiger partial charge >= 0.3 is 18.1 Å². The molecule has 0 bridgehead atoms. The molecule has 0 saturated carbocycles. The lowest BCUT2D eigenvalue weighted by Crippen LogP contribution is -2.39. The zero-order valence-electron chi connectivity index (χ0n) is 20.1. The maximum absolute atomic E-state index is 12.0. The summed E-state index contributed by atoms with van der Waals surface area (Å²) in [5, 5.41) is 16.5.